The van der Waals surface area contributed by atoms with Crippen molar-refractivity contribution in [2.24, 2.45) is 0 Å². The first-order valence-electron chi connectivity index (χ1n) is 8.57. The highest BCUT2D eigenvalue weighted by atomic mass is 16.1. The van der Waals surface area contributed by atoms with Crippen molar-refractivity contribution in [3.8, 4) is 5.69 Å². The summed E-state index contributed by atoms with van der Waals surface area (Å²) in [5.41, 5.74) is 3.65. The second-order valence-electron chi connectivity index (χ2n) is 6.04. The lowest BCUT2D eigenvalue weighted by atomic mass is 10.1. The lowest BCUT2D eigenvalue weighted by Crippen LogP contribution is -2.23. The van der Waals surface area contributed by atoms with E-state index in [0.29, 0.717) is 18.7 Å². The minimum Gasteiger partial charge on any atom is -0.348 e. The Kier molecular flexibility index (Phi) is 4.74. The van der Waals surface area contributed by atoms with Gasteiger partial charge in [0.1, 0.15) is 12.7 Å². The first kappa shape index (κ1) is 16.7. The fourth-order valence-corrected chi connectivity index (χ4v) is 2.84. The number of nitrogens with one attached hydrogen (secondary N) is 1. The zero-order valence-electron chi connectivity index (χ0n) is 14.6. The van der Waals surface area contributed by atoms with Crippen molar-refractivity contribution in [1.82, 2.24) is 29.9 Å². The lowest BCUT2D eigenvalue weighted by Gasteiger charge is -2.11. The molecule has 0 atom stereocenters. The largest absolute Gasteiger partial charge is 0.348 e. The van der Waals surface area contributed by atoms with Crippen LogP contribution in [0.5, 0.6) is 0 Å². The van der Waals surface area contributed by atoms with Crippen LogP contribution in [0.4, 0.5) is 0 Å². The second-order valence-corrected chi connectivity index (χ2v) is 6.04. The number of hydrogen-bond donors (Lipinski definition) is 1. The van der Waals surface area contributed by atoms with Crippen molar-refractivity contribution < 1.29 is 4.79 Å². The van der Waals surface area contributed by atoms with Crippen LogP contribution >= 0.6 is 0 Å². The Morgan fingerprint density at radius 3 is 2.48 bits per heavy atom. The molecule has 4 rings (SSSR count). The van der Waals surface area contributed by atoms with E-state index in [0.717, 1.165) is 16.8 Å². The number of hydrogen-bond acceptors (Lipinski definition) is 4. The van der Waals surface area contributed by atoms with Crippen LogP contribution in [0.2, 0.25) is 0 Å². The van der Waals surface area contributed by atoms with Gasteiger partial charge >= 0.3 is 0 Å². The van der Waals surface area contributed by atoms with E-state index in [-0.39, 0.29) is 5.91 Å². The molecule has 0 aliphatic carbocycles. The Morgan fingerprint density at radius 2 is 1.78 bits per heavy atom. The van der Waals surface area contributed by atoms with Crippen LogP contribution in [0.1, 0.15) is 21.5 Å². The average Bonchev–Trinajstić information content (AvgIpc) is 3.41. The van der Waals surface area contributed by atoms with Crippen LogP contribution in [-0.4, -0.2) is 30.5 Å². The van der Waals surface area contributed by atoms with Gasteiger partial charge in [-0.25, -0.2) is 9.67 Å². The van der Waals surface area contributed by atoms with Gasteiger partial charge < -0.3 is 5.32 Å². The summed E-state index contributed by atoms with van der Waals surface area (Å²) >= 11 is 0. The molecule has 2 aromatic carbocycles. The van der Waals surface area contributed by atoms with E-state index < -0.39 is 0 Å². The van der Waals surface area contributed by atoms with Gasteiger partial charge in [-0.1, -0.05) is 24.3 Å². The maximum Gasteiger partial charge on any atom is 0.251 e. The number of nitrogens with zero attached hydrogens (tertiary/aromatic N) is 5. The molecule has 1 N–H and O–H groups in total. The van der Waals surface area contributed by atoms with Gasteiger partial charge in [-0.15, -0.1) is 0 Å². The van der Waals surface area contributed by atoms with Crippen LogP contribution in [0.3, 0.4) is 0 Å². The third kappa shape index (κ3) is 3.92. The van der Waals surface area contributed by atoms with Gasteiger partial charge in [-0.05, 0) is 41.5 Å². The zero-order chi connectivity index (χ0) is 18.5. The van der Waals surface area contributed by atoms with E-state index in [2.05, 4.69) is 26.6 Å². The highest BCUT2D eigenvalue weighted by molar-refractivity contribution is 5.94. The van der Waals surface area contributed by atoms with Crippen LogP contribution in [0, 0.1) is 0 Å². The molecule has 0 bridgehead atoms. The number of aromatic nitrogens is 5. The number of carbonyl (C=O) groups excluding carboxylic acids is 1. The topological polar surface area (TPSA) is 77.6 Å². The Bertz CT molecular complexity index is 1010. The van der Waals surface area contributed by atoms with Gasteiger partial charge in [0.15, 0.2) is 0 Å². The van der Waals surface area contributed by atoms with E-state index in [9.17, 15) is 4.79 Å². The summed E-state index contributed by atoms with van der Waals surface area (Å²) in [4.78, 5) is 16.4. The van der Waals surface area contributed by atoms with E-state index in [4.69, 9.17) is 0 Å². The van der Waals surface area contributed by atoms with E-state index in [1.807, 2.05) is 47.3 Å². The molecular weight excluding hydrogens is 340 g/mol. The second kappa shape index (κ2) is 7.65. The predicted molar refractivity (Wildman–Crippen MR) is 100 cm³/mol. The van der Waals surface area contributed by atoms with Crippen molar-refractivity contribution in [3.63, 3.8) is 0 Å². The number of amides is 1. The molecule has 0 saturated carbocycles. The van der Waals surface area contributed by atoms with Crippen LogP contribution in [-0.2, 0) is 13.1 Å². The summed E-state index contributed by atoms with van der Waals surface area (Å²) in [6, 6.07) is 17.2. The molecule has 134 valence electrons. The highest BCUT2D eigenvalue weighted by Gasteiger charge is 2.08. The van der Waals surface area contributed by atoms with Gasteiger partial charge in [0.2, 0.25) is 0 Å². The van der Waals surface area contributed by atoms with Crippen LogP contribution < -0.4 is 5.32 Å². The maximum atomic E-state index is 12.5. The average molecular weight is 358 g/mol. The third-order valence-corrected chi connectivity index (χ3v) is 4.26. The third-order valence-electron chi connectivity index (χ3n) is 4.26. The van der Waals surface area contributed by atoms with Crippen molar-refractivity contribution in [3.05, 3.63) is 96.3 Å². The summed E-state index contributed by atoms with van der Waals surface area (Å²) in [5.74, 6) is -0.117. The van der Waals surface area contributed by atoms with Crippen molar-refractivity contribution in [2.45, 2.75) is 13.1 Å². The summed E-state index contributed by atoms with van der Waals surface area (Å²) in [6.45, 7) is 1.13. The minimum absolute atomic E-state index is 0.117. The summed E-state index contributed by atoms with van der Waals surface area (Å²) < 4.78 is 3.51. The standard InChI is InChI=1S/C20H18N6O/c27-20(16-6-8-19(9-7-16)26-15-21-14-24-26)22-12-17-4-1-2-5-18(17)13-25-11-3-10-23-25/h1-11,14-15H,12-13H2,(H,22,27). The molecule has 27 heavy (non-hydrogen) atoms. The first-order valence-corrected chi connectivity index (χ1v) is 8.57. The molecule has 1 amide bonds. The Morgan fingerprint density at radius 1 is 0.963 bits per heavy atom. The quantitative estimate of drug-likeness (QED) is 0.574. The molecule has 0 aliphatic rings. The van der Waals surface area contributed by atoms with E-state index in [1.54, 1.807) is 29.3 Å². The molecule has 7 heteroatoms. The Balaban J connectivity index is 1.42. The number of carbonyl (C=O) groups is 1. The molecule has 0 aliphatic heterocycles. The summed E-state index contributed by atoms with van der Waals surface area (Å²) in [6.07, 6.45) is 6.77. The lowest BCUT2D eigenvalue weighted by molar-refractivity contribution is 0.0951. The highest BCUT2D eigenvalue weighted by Crippen LogP contribution is 2.12. The Hall–Kier alpha value is -3.74. The van der Waals surface area contributed by atoms with Crippen LogP contribution in [0.15, 0.2) is 79.6 Å². The number of benzene rings is 2. The van der Waals surface area contributed by atoms with E-state index in [1.165, 1.54) is 6.33 Å². The molecule has 0 spiro atoms. The molecule has 0 radical (unpaired) electrons. The van der Waals surface area contributed by atoms with Crippen molar-refractivity contribution in [2.75, 3.05) is 0 Å². The molecule has 2 aromatic heterocycles. The smallest absolute Gasteiger partial charge is 0.251 e. The summed E-state index contributed by atoms with van der Waals surface area (Å²) in [5, 5.41) is 11.3. The minimum atomic E-state index is -0.117. The summed E-state index contributed by atoms with van der Waals surface area (Å²) in [7, 11) is 0. The molecule has 7 nitrogen and oxygen atoms in total. The SMILES string of the molecule is O=C(NCc1ccccc1Cn1cccn1)c1ccc(-n2cncn2)cc1. The van der Waals surface area contributed by atoms with Crippen LogP contribution in [0.25, 0.3) is 5.69 Å². The predicted octanol–water partition coefficient (Wildman–Crippen LogP) is 2.44. The molecule has 0 unspecified atom stereocenters. The molecular formula is C20H18N6O. The Labute approximate surface area is 156 Å². The molecule has 0 saturated heterocycles. The fraction of sp³-hybridized carbons (Fsp3) is 0.100. The van der Waals surface area contributed by atoms with Gasteiger partial charge in [-0.2, -0.15) is 10.2 Å². The van der Waals surface area contributed by atoms with Gasteiger partial charge in [-0.3, -0.25) is 9.48 Å². The first-order chi connectivity index (χ1) is 13.3. The van der Waals surface area contributed by atoms with Gasteiger partial charge in [0.05, 0.1) is 12.2 Å². The van der Waals surface area contributed by atoms with E-state index >= 15 is 0 Å². The van der Waals surface area contributed by atoms with Gasteiger partial charge in [0.25, 0.3) is 5.91 Å². The molecule has 2 heterocycles. The maximum absolute atomic E-state index is 12.5. The van der Waals surface area contributed by atoms with Crippen molar-refractivity contribution >= 4 is 5.91 Å². The monoisotopic (exact) mass is 358 g/mol. The van der Waals surface area contributed by atoms with Crippen molar-refractivity contribution in [1.29, 1.82) is 0 Å². The fourth-order valence-electron chi connectivity index (χ4n) is 2.84. The molecule has 4 aromatic rings. The molecule has 0 fully saturated rings. The normalized spacial score (nSPS) is 10.7. The zero-order valence-corrected chi connectivity index (χ0v) is 14.6. The van der Waals surface area contributed by atoms with Gasteiger partial charge in [0, 0.05) is 24.5 Å². The number of rotatable bonds is 6.